The molecule has 0 aliphatic heterocycles. The maximum absolute atomic E-state index is 13.9. The Balaban J connectivity index is 1.52. The fourth-order valence-electron chi connectivity index (χ4n) is 5.51. The third kappa shape index (κ3) is 10.8. The number of aliphatic hydroxyl groups is 2. The van der Waals surface area contributed by atoms with Gasteiger partial charge in [0.25, 0.3) is 0 Å². The van der Waals surface area contributed by atoms with E-state index in [9.17, 15) is 28.2 Å². The molecule has 1 heterocycles. The quantitative estimate of drug-likeness (QED) is 0.0743. The third-order valence-corrected chi connectivity index (χ3v) is 11.3. The zero-order valence-corrected chi connectivity index (χ0v) is 30.0. The highest BCUT2D eigenvalue weighted by atomic mass is 32.2. The molecule has 1 aliphatic carbocycles. The lowest BCUT2D eigenvalue weighted by atomic mass is 9.85. The zero-order valence-electron chi connectivity index (χ0n) is 28.4. The molecule has 4 rings (SSSR count). The Kier molecular flexibility index (Phi) is 14.3. The van der Waals surface area contributed by atoms with Crippen LogP contribution in [0.3, 0.4) is 0 Å². The Labute approximate surface area is 296 Å². The molecule has 0 spiro atoms. The van der Waals surface area contributed by atoms with Crippen molar-refractivity contribution in [2.75, 3.05) is 27.2 Å². The summed E-state index contributed by atoms with van der Waals surface area (Å²) in [4.78, 5) is 32.6. The predicted octanol–water partition coefficient (Wildman–Crippen LogP) is 2.57. The average molecular weight is 731 g/mol. The molecule has 50 heavy (non-hydrogen) atoms. The molecule has 5 N–H and O–H groups in total. The van der Waals surface area contributed by atoms with Gasteiger partial charge in [-0.05, 0) is 55.4 Å². The van der Waals surface area contributed by atoms with Gasteiger partial charge in [0.2, 0.25) is 15.9 Å². The molecular weight excluding hydrogens is 685 g/mol. The van der Waals surface area contributed by atoms with E-state index < -0.39 is 46.3 Å². The molecule has 3 amide bonds. The smallest absolute Gasteiger partial charge is 0.318 e. The number of carbonyl (C=O) groups is 2. The molecule has 0 bridgehead atoms. The van der Waals surface area contributed by atoms with Crippen LogP contribution >= 0.6 is 11.3 Å². The number of urea groups is 1. The van der Waals surface area contributed by atoms with Crippen molar-refractivity contribution in [1.82, 2.24) is 24.8 Å². The fraction of sp³-hybridized carbons (Fsp3) is 0.471. The minimum absolute atomic E-state index is 0.0105. The monoisotopic (exact) mass is 730 g/mol. The first kappa shape index (κ1) is 38.9. The molecular formula is C34H46N6O8S2. The summed E-state index contributed by atoms with van der Waals surface area (Å²) in [6.45, 7) is 1.74. The van der Waals surface area contributed by atoms with Crippen LogP contribution in [0.25, 0.3) is 0 Å². The molecule has 0 radical (unpaired) electrons. The van der Waals surface area contributed by atoms with Gasteiger partial charge in [0, 0.05) is 32.6 Å². The van der Waals surface area contributed by atoms with Crippen LogP contribution < -0.4 is 10.6 Å². The van der Waals surface area contributed by atoms with Crippen LogP contribution in [-0.4, -0.2) is 108 Å². The number of nitrogens with one attached hydrogen (secondary N) is 2. The molecule has 1 aliphatic rings. The molecule has 2 aromatic carbocycles. The number of oxime groups is 1. The number of amides is 3. The zero-order chi connectivity index (χ0) is 36.3. The topological polar surface area (TPSA) is 194 Å². The number of rotatable bonds is 18. The molecule has 1 saturated carbocycles. The molecule has 272 valence electrons. The Morgan fingerprint density at radius 2 is 1.82 bits per heavy atom. The van der Waals surface area contributed by atoms with E-state index in [0.717, 1.165) is 29.8 Å². The number of aromatic nitrogens is 1. The predicted molar refractivity (Wildman–Crippen MR) is 188 cm³/mol. The van der Waals surface area contributed by atoms with Crippen LogP contribution in [0, 0.1) is 5.92 Å². The number of thiazole rings is 1. The largest absolute Gasteiger partial charge is 0.411 e. The number of hydrogen-bond donors (Lipinski definition) is 5. The number of nitrogens with zero attached hydrogens (tertiary/aromatic N) is 4. The first-order valence-electron chi connectivity index (χ1n) is 16.3. The van der Waals surface area contributed by atoms with Crippen molar-refractivity contribution in [3.63, 3.8) is 0 Å². The van der Waals surface area contributed by atoms with E-state index >= 15 is 0 Å². The minimum atomic E-state index is -4.08. The van der Waals surface area contributed by atoms with Crippen LogP contribution in [0.15, 0.2) is 70.0 Å². The summed E-state index contributed by atoms with van der Waals surface area (Å²) in [5.74, 6) is -0.616. The van der Waals surface area contributed by atoms with Crippen molar-refractivity contribution in [2.24, 2.45) is 11.1 Å². The number of ether oxygens (including phenoxy) is 1. The standard InChI is InChI=1S/C34H46N6O8S2/c1-23(41)32(38-34(44)39(2)19-27-22-49-31(36-27)21-48-3)33(43)37-29(16-24-8-5-4-6-9-24)30(42)20-40(18-26-10-7-11-26)50(46,47)28-14-12-25(13-15-28)17-35-45/h4-6,8-9,12-15,17,22-23,26,29-30,32,41-42,45H,7,10-11,16,18-21H2,1-3H3,(H,37,43)(H,38,44)/b35-17+/t23?,29-,30+,32?/m0/s1. The molecule has 3 aromatic rings. The molecule has 1 aromatic heterocycles. The fourth-order valence-corrected chi connectivity index (χ4v) is 7.80. The molecule has 0 saturated heterocycles. The number of methoxy groups -OCH3 is 1. The lowest BCUT2D eigenvalue weighted by molar-refractivity contribution is -0.127. The van der Waals surface area contributed by atoms with Crippen molar-refractivity contribution >= 4 is 39.5 Å². The Bertz CT molecular complexity index is 1670. The van der Waals surface area contributed by atoms with Crippen LogP contribution in [0.1, 0.15) is 48.0 Å². The second kappa shape index (κ2) is 18.3. The van der Waals surface area contributed by atoms with Gasteiger partial charge in [0.15, 0.2) is 0 Å². The summed E-state index contributed by atoms with van der Waals surface area (Å²) in [5, 5.41) is 42.0. The lowest BCUT2D eigenvalue weighted by Gasteiger charge is -2.35. The summed E-state index contributed by atoms with van der Waals surface area (Å²) in [6.07, 6.45) is 1.37. The van der Waals surface area contributed by atoms with E-state index in [1.807, 2.05) is 35.7 Å². The van der Waals surface area contributed by atoms with Gasteiger partial charge >= 0.3 is 6.03 Å². The van der Waals surface area contributed by atoms with Gasteiger partial charge < -0.3 is 35.7 Å². The van der Waals surface area contributed by atoms with Gasteiger partial charge in [-0.2, -0.15) is 4.31 Å². The van der Waals surface area contributed by atoms with Crippen molar-refractivity contribution in [3.05, 3.63) is 81.8 Å². The number of benzene rings is 2. The van der Waals surface area contributed by atoms with Crippen LogP contribution in [-0.2, 0) is 39.1 Å². The van der Waals surface area contributed by atoms with E-state index in [1.165, 1.54) is 65.0 Å². The van der Waals surface area contributed by atoms with Gasteiger partial charge in [0.05, 0.1) is 48.2 Å². The highest BCUT2D eigenvalue weighted by Gasteiger charge is 2.35. The second-order valence-corrected chi connectivity index (χ2v) is 15.4. The van der Waals surface area contributed by atoms with Crippen LogP contribution in [0.2, 0.25) is 0 Å². The Morgan fingerprint density at radius 3 is 2.42 bits per heavy atom. The van der Waals surface area contributed by atoms with Crippen molar-refractivity contribution in [1.29, 1.82) is 0 Å². The molecule has 1 fully saturated rings. The van der Waals surface area contributed by atoms with Gasteiger partial charge in [-0.3, -0.25) is 4.79 Å². The van der Waals surface area contributed by atoms with E-state index in [0.29, 0.717) is 17.9 Å². The number of sulfonamides is 1. The van der Waals surface area contributed by atoms with Crippen molar-refractivity contribution < 1.29 is 38.2 Å². The summed E-state index contributed by atoms with van der Waals surface area (Å²) in [5.41, 5.74) is 1.92. The highest BCUT2D eigenvalue weighted by molar-refractivity contribution is 7.89. The summed E-state index contributed by atoms with van der Waals surface area (Å²) < 4.78 is 34.2. The lowest BCUT2D eigenvalue weighted by Crippen LogP contribution is -2.59. The van der Waals surface area contributed by atoms with Crippen molar-refractivity contribution in [2.45, 2.75) is 74.9 Å². The normalized spacial score (nSPS) is 16.0. The van der Waals surface area contributed by atoms with E-state index in [2.05, 4.69) is 20.8 Å². The second-order valence-electron chi connectivity index (χ2n) is 12.5. The third-order valence-electron chi connectivity index (χ3n) is 8.55. The number of hydrogen-bond acceptors (Lipinski definition) is 11. The van der Waals surface area contributed by atoms with E-state index in [1.54, 1.807) is 7.11 Å². The summed E-state index contributed by atoms with van der Waals surface area (Å²) in [6, 6.07) is 12.0. The highest BCUT2D eigenvalue weighted by Crippen LogP contribution is 2.30. The van der Waals surface area contributed by atoms with Gasteiger partial charge in [-0.15, -0.1) is 11.3 Å². The molecule has 14 nitrogen and oxygen atoms in total. The first-order valence-corrected chi connectivity index (χ1v) is 18.6. The number of carbonyl (C=O) groups excluding carboxylic acids is 2. The van der Waals surface area contributed by atoms with Crippen LogP contribution in [0.5, 0.6) is 0 Å². The maximum Gasteiger partial charge on any atom is 0.318 e. The SMILES string of the molecule is COCc1nc(CN(C)C(=O)NC(C(=O)N[C@@H](Cc2ccccc2)[C@H](O)CN(CC2CCC2)S(=O)(=O)c2ccc(/C=N/O)cc2)C(C)O)cs1. The van der Waals surface area contributed by atoms with Gasteiger partial charge in [0.1, 0.15) is 11.0 Å². The molecule has 4 atom stereocenters. The van der Waals surface area contributed by atoms with Gasteiger partial charge in [-0.1, -0.05) is 54.0 Å². The Hall–Kier alpha value is -3.93. The minimum Gasteiger partial charge on any atom is -0.411 e. The van der Waals surface area contributed by atoms with Crippen molar-refractivity contribution in [3.8, 4) is 0 Å². The maximum atomic E-state index is 13.9. The van der Waals surface area contributed by atoms with Gasteiger partial charge in [-0.25, -0.2) is 18.2 Å². The first-order chi connectivity index (χ1) is 23.9. The Morgan fingerprint density at radius 1 is 1.12 bits per heavy atom. The van der Waals surface area contributed by atoms with E-state index in [4.69, 9.17) is 9.94 Å². The molecule has 2 unspecified atom stereocenters. The van der Waals surface area contributed by atoms with E-state index in [-0.39, 0.29) is 36.9 Å². The average Bonchev–Trinajstić information content (AvgIpc) is 3.51. The summed E-state index contributed by atoms with van der Waals surface area (Å²) >= 11 is 1.40. The number of aliphatic hydroxyl groups excluding tert-OH is 2. The van der Waals surface area contributed by atoms with Crippen LogP contribution in [0.4, 0.5) is 4.79 Å². The molecule has 16 heteroatoms. The summed E-state index contributed by atoms with van der Waals surface area (Å²) in [7, 11) is -0.976.